The number of likely N-dealkylation sites (tertiary alicyclic amines) is 1. The molecule has 1 fully saturated rings. The average molecular weight is 201 g/mol. The van der Waals surface area contributed by atoms with Crippen LogP contribution in [-0.2, 0) is 9.59 Å². The summed E-state index contributed by atoms with van der Waals surface area (Å²) >= 11 is 0. The molecule has 3 nitrogen and oxygen atoms in total. The van der Waals surface area contributed by atoms with Crippen molar-refractivity contribution in [1.29, 1.82) is 0 Å². The molecule has 0 aromatic heterocycles. The van der Waals surface area contributed by atoms with Gasteiger partial charge in [-0.3, -0.25) is 9.59 Å². The molecule has 3 heteroatoms. The lowest BCUT2D eigenvalue weighted by Crippen LogP contribution is -2.33. The predicted octanol–water partition coefficient (Wildman–Crippen LogP) is 2.25. The number of amides is 1. The van der Waals surface area contributed by atoms with E-state index in [-0.39, 0.29) is 11.8 Å². The van der Waals surface area contributed by atoms with E-state index in [0.29, 0.717) is 0 Å². The van der Waals surface area contributed by atoms with Gasteiger partial charge in [-0.05, 0) is 19.8 Å². The zero-order valence-electron chi connectivity index (χ0n) is 10.0. The molecular formula is C11H23NO2. The van der Waals surface area contributed by atoms with Crippen LogP contribution in [0.1, 0.15) is 47.5 Å². The first kappa shape index (κ1) is 15.6. The highest BCUT2D eigenvalue weighted by Crippen LogP contribution is 2.15. The number of Topliss-reactive ketones (excluding diaryl/α,β-unsaturated/α-hetero) is 1. The molecule has 0 saturated carbocycles. The molecule has 0 aliphatic carbocycles. The quantitative estimate of drug-likeness (QED) is 0.643. The Labute approximate surface area is 87.5 Å². The monoisotopic (exact) mass is 201 g/mol. The fraction of sp³-hybridized carbons (Fsp3) is 0.818. The van der Waals surface area contributed by atoms with Crippen LogP contribution in [0.25, 0.3) is 0 Å². The molecule has 0 aromatic carbocycles. The molecule has 1 unspecified atom stereocenters. The van der Waals surface area contributed by atoms with E-state index >= 15 is 0 Å². The van der Waals surface area contributed by atoms with Crippen molar-refractivity contribution in [3.8, 4) is 0 Å². The third-order valence-electron chi connectivity index (χ3n) is 1.90. The minimum atomic E-state index is -0.127. The summed E-state index contributed by atoms with van der Waals surface area (Å²) in [5, 5.41) is 0. The molecule has 1 rings (SSSR count). The van der Waals surface area contributed by atoms with E-state index in [9.17, 15) is 9.59 Å². The summed E-state index contributed by atoms with van der Waals surface area (Å²) in [4.78, 5) is 22.7. The number of carbonyl (C=O) groups excluding carboxylic acids is 2. The van der Waals surface area contributed by atoms with E-state index in [1.54, 1.807) is 4.90 Å². The average Bonchev–Trinajstić information content (AvgIpc) is 2.71. The first-order chi connectivity index (χ1) is 6.75. The van der Waals surface area contributed by atoms with E-state index in [0.717, 1.165) is 25.8 Å². The molecule has 0 radical (unpaired) electrons. The Bertz CT molecular complexity index is 157. The summed E-state index contributed by atoms with van der Waals surface area (Å²) in [6.07, 6.45) is 2.57. The maximum atomic E-state index is 10.8. The molecule has 1 heterocycles. The predicted molar refractivity (Wildman–Crippen MR) is 59.2 cm³/mol. The second kappa shape index (κ2) is 10.2. The van der Waals surface area contributed by atoms with Gasteiger partial charge in [0.25, 0.3) is 0 Å². The van der Waals surface area contributed by atoms with Gasteiger partial charge >= 0.3 is 0 Å². The maximum Gasteiger partial charge on any atom is 0.210 e. The van der Waals surface area contributed by atoms with Gasteiger partial charge in [0, 0.05) is 6.54 Å². The first-order valence-corrected chi connectivity index (χ1v) is 5.47. The fourth-order valence-corrected chi connectivity index (χ4v) is 1.35. The van der Waals surface area contributed by atoms with Crippen molar-refractivity contribution < 1.29 is 9.59 Å². The van der Waals surface area contributed by atoms with Crippen molar-refractivity contribution in [2.45, 2.75) is 53.5 Å². The number of nitrogens with zero attached hydrogens (tertiary/aromatic N) is 1. The van der Waals surface area contributed by atoms with Gasteiger partial charge in [-0.15, -0.1) is 0 Å². The van der Waals surface area contributed by atoms with Crippen LogP contribution in [0.3, 0.4) is 0 Å². The minimum absolute atomic E-state index is 0.101. The Morgan fingerprint density at radius 2 is 1.79 bits per heavy atom. The minimum Gasteiger partial charge on any atom is -0.335 e. The summed E-state index contributed by atoms with van der Waals surface area (Å²) < 4.78 is 0. The molecule has 1 atom stereocenters. The summed E-state index contributed by atoms with van der Waals surface area (Å²) in [6.45, 7) is 10.3. The van der Waals surface area contributed by atoms with Crippen molar-refractivity contribution >= 4 is 12.2 Å². The van der Waals surface area contributed by atoms with E-state index in [1.807, 2.05) is 27.7 Å². The second-order valence-electron chi connectivity index (χ2n) is 2.61. The molecule has 0 bridgehead atoms. The summed E-state index contributed by atoms with van der Waals surface area (Å²) in [6, 6.07) is -0.127. The third-order valence-corrected chi connectivity index (χ3v) is 1.90. The highest BCUT2D eigenvalue weighted by Gasteiger charge is 2.26. The molecular weight excluding hydrogens is 178 g/mol. The van der Waals surface area contributed by atoms with Crippen molar-refractivity contribution in [2.75, 3.05) is 6.54 Å². The number of rotatable bonds is 2. The van der Waals surface area contributed by atoms with Crippen LogP contribution in [0.15, 0.2) is 0 Å². The van der Waals surface area contributed by atoms with Crippen LogP contribution in [0, 0.1) is 0 Å². The Morgan fingerprint density at radius 3 is 2.07 bits per heavy atom. The zero-order chi connectivity index (χ0) is 11.6. The van der Waals surface area contributed by atoms with Gasteiger partial charge in [-0.25, -0.2) is 0 Å². The molecule has 0 spiro atoms. The fourth-order valence-electron chi connectivity index (χ4n) is 1.35. The van der Waals surface area contributed by atoms with E-state index in [1.165, 1.54) is 6.92 Å². The first-order valence-electron chi connectivity index (χ1n) is 5.47. The Kier molecular flexibility index (Phi) is 11.4. The molecule has 1 saturated heterocycles. The Hall–Kier alpha value is -0.860. The maximum absolute atomic E-state index is 10.8. The molecule has 1 aliphatic heterocycles. The third kappa shape index (κ3) is 5.00. The van der Waals surface area contributed by atoms with E-state index in [4.69, 9.17) is 0 Å². The number of carbonyl (C=O) groups is 2. The number of hydrogen-bond donors (Lipinski definition) is 0. The zero-order valence-corrected chi connectivity index (χ0v) is 10.0. The largest absolute Gasteiger partial charge is 0.335 e. The van der Waals surface area contributed by atoms with Crippen molar-refractivity contribution in [3.63, 3.8) is 0 Å². The van der Waals surface area contributed by atoms with Crippen LogP contribution in [0.2, 0.25) is 0 Å². The van der Waals surface area contributed by atoms with Gasteiger partial charge in [0.2, 0.25) is 6.41 Å². The molecule has 14 heavy (non-hydrogen) atoms. The SMILES string of the molecule is CC.CC.CC(=O)C1CCCN1C=O. The number of ketones is 1. The molecule has 0 N–H and O–H groups in total. The van der Waals surface area contributed by atoms with E-state index < -0.39 is 0 Å². The second-order valence-corrected chi connectivity index (χ2v) is 2.61. The normalized spacial score (nSPS) is 18.6. The van der Waals surface area contributed by atoms with Crippen molar-refractivity contribution in [3.05, 3.63) is 0 Å². The van der Waals surface area contributed by atoms with Gasteiger partial charge in [0.15, 0.2) is 5.78 Å². The standard InChI is InChI=1S/C7H11NO2.2C2H6/c1-6(10)7-3-2-4-8(7)5-9;2*1-2/h5,7H,2-4H2,1H3;2*1-2H3. The van der Waals surface area contributed by atoms with Crippen molar-refractivity contribution in [1.82, 2.24) is 4.90 Å². The van der Waals surface area contributed by atoms with Gasteiger partial charge in [-0.2, -0.15) is 0 Å². The highest BCUT2D eigenvalue weighted by molar-refractivity contribution is 5.83. The van der Waals surface area contributed by atoms with Gasteiger partial charge in [-0.1, -0.05) is 27.7 Å². The van der Waals surface area contributed by atoms with Crippen LogP contribution in [0.5, 0.6) is 0 Å². The molecule has 84 valence electrons. The Balaban J connectivity index is 0. The summed E-state index contributed by atoms with van der Waals surface area (Å²) in [5.74, 6) is 0.101. The highest BCUT2D eigenvalue weighted by atomic mass is 16.1. The Morgan fingerprint density at radius 1 is 1.29 bits per heavy atom. The van der Waals surface area contributed by atoms with Gasteiger partial charge < -0.3 is 4.90 Å². The van der Waals surface area contributed by atoms with E-state index in [2.05, 4.69) is 0 Å². The van der Waals surface area contributed by atoms with Crippen LogP contribution < -0.4 is 0 Å². The molecule has 1 aliphatic rings. The lowest BCUT2D eigenvalue weighted by Gasteiger charge is -2.15. The van der Waals surface area contributed by atoms with Crippen LogP contribution in [0.4, 0.5) is 0 Å². The van der Waals surface area contributed by atoms with Gasteiger partial charge in [0.05, 0.1) is 6.04 Å². The van der Waals surface area contributed by atoms with Crippen LogP contribution >= 0.6 is 0 Å². The molecule has 1 amide bonds. The van der Waals surface area contributed by atoms with Crippen molar-refractivity contribution in [2.24, 2.45) is 0 Å². The summed E-state index contributed by atoms with van der Waals surface area (Å²) in [5.41, 5.74) is 0. The lowest BCUT2D eigenvalue weighted by atomic mass is 10.1. The molecule has 0 aromatic rings. The number of hydrogen-bond acceptors (Lipinski definition) is 2. The summed E-state index contributed by atoms with van der Waals surface area (Å²) in [7, 11) is 0. The van der Waals surface area contributed by atoms with Crippen LogP contribution in [-0.4, -0.2) is 29.7 Å². The van der Waals surface area contributed by atoms with Gasteiger partial charge in [0.1, 0.15) is 0 Å². The lowest BCUT2D eigenvalue weighted by molar-refractivity contribution is -0.128. The topological polar surface area (TPSA) is 37.4 Å². The smallest absolute Gasteiger partial charge is 0.210 e.